The second-order valence-corrected chi connectivity index (χ2v) is 6.12. The van der Waals surface area contributed by atoms with Crippen molar-refractivity contribution in [2.24, 2.45) is 11.3 Å². The van der Waals surface area contributed by atoms with Crippen LogP contribution in [0.4, 0.5) is 0 Å². The fourth-order valence-corrected chi connectivity index (χ4v) is 2.84. The first kappa shape index (κ1) is 14.9. The average molecular weight is 243 g/mol. The van der Waals surface area contributed by atoms with E-state index in [1.165, 1.54) is 0 Å². The van der Waals surface area contributed by atoms with E-state index >= 15 is 0 Å². The molecule has 2 unspecified atom stereocenters. The summed E-state index contributed by atoms with van der Waals surface area (Å²) in [5, 5.41) is 10.1. The Morgan fingerprint density at radius 1 is 1.41 bits per heavy atom. The molecule has 0 aromatic rings. The lowest BCUT2D eigenvalue weighted by Gasteiger charge is -2.40. The highest BCUT2D eigenvalue weighted by atomic mass is 16.5. The van der Waals surface area contributed by atoms with Gasteiger partial charge in [-0.25, -0.2) is 0 Å². The van der Waals surface area contributed by atoms with E-state index in [0.29, 0.717) is 11.3 Å². The van der Waals surface area contributed by atoms with Gasteiger partial charge in [0.25, 0.3) is 0 Å². The Labute approximate surface area is 106 Å². The van der Waals surface area contributed by atoms with Crippen molar-refractivity contribution in [1.29, 1.82) is 0 Å². The van der Waals surface area contributed by atoms with E-state index in [0.717, 1.165) is 45.5 Å². The molecule has 1 aliphatic rings. The van der Waals surface area contributed by atoms with Crippen molar-refractivity contribution < 1.29 is 9.84 Å². The quantitative estimate of drug-likeness (QED) is 0.776. The largest absolute Gasteiger partial charge is 0.393 e. The van der Waals surface area contributed by atoms with E-state index in [1.807, 2.05) is 0 Å². The molecule has 0 radical (unpaired) electrons. The molecule has 2 atom stereocenters. The van der Waals surface area contributed by atoms with Crippen molar-refractivity contribution in [3.63, 3.8) is 0 Å². The molecule has 0 heterocycles. The van der Waals surface area contributed by atoms with Gasteiger partial charge in [-0.1, -0.05) is 20.8 Å². The number of likely N-dealkylation sites (N-methyl/N-ethyl adjacent to an activating group) is 1. The molecule has 102 valence electrons. The summed E-state index contributed by atoms with van der Waals surface area (Å²) in [6.45, 7) is 10.6. The van der Waals surface area contributed by atoms with Crippen molar-refractivity contribution in [3.8, 4) is 0 Å². The second-order valence-electron chi connectivity index (χ2n) is 6.12. The van der Waals surface area contributed by atoms with Gasteiger partial charge in [-0.2, -0.15) is 0 Å². The fraction of sp³-hybridized carbons (Fsp3) is 1.00. The molecule has 1 fully saturated rings. The third-order valence-electron chi connectivity index (χ3n) is 4.03. The maximum atomic E-state index is 10.1. The molecule has 0 aromatic heterocycles. The summed E-state index contributed by atoms with van der Waals surface area (Å²) < 4.78 is 5.13. The molecule has 3 nitrogen and oxygen atoms in total. The summed E-state index contributed by atoms with van der Waals surface area (Å²) in [7, 11) is 1.74. The molecule has 0 saturated heterocycles. The van der Waals surface area contributed by atoms with Crippen LogP contribution in [0, 0.1) is 11.3 Å². The van der Waals surface area contributed by atoms with Crippen molar-refractivity contribution in [2.45, 2.75) is 46.1 Å². The number of hydrogen-bond acceptors (Lipinski definition) is 3. The number of aliphatic hydroxyl groups is 1. The summed E-state index contributed by atoms with van der Waals surface area (Å²) in [6, 6.07) is 0. The second kappa shape index (κ2) is 6.72. The molecule has 0 amide bonds. The number of methoxy groups -OCH3 is 1. The van der Waals surface area contributed by atoms with Gasteiger partial charge in [0, 0.05) is 20.2 Å². The van der Waals surface area contributed by atoms with E-state index in [4.69, 9.17) is 4.74 Å². The average Bonchev–Trinajstić information content (AvgIpc) is 2.28. The van der Waals surface area contributed by atoms with Crippen LogP contribution < -0.4 is 0 Å². The minimum absolute atomic E-state index is 0.111. The number of aliphatic hydroxyl groups excluding tert-OH is 1. The van der Waals surface area contributed by atoms with Gasteiger partial charge in [0.2, 0.25) is 0 Å². The van der Waals surface area contributed by atoms with Crippen LogP contribution in [-0.2, 0) is 4.74 Å². The van der Waals surface area contributed by atoms with Crippen LogP contribution in [-0.4, -0.2) is 49.5 Å². The molecule has 0 aromatic carbocycles. The van der Waals surface area contributed by atoms with Crippen LogP contribution >= 0.6 is 0 Å². The SMILES string of the molecule is CCN(CCOC)CC1CC(C)(C)CCC1O. The Bertz CT molecular complexity index is 218. The highest BCUT2D eigenvalue weighted by molar-refractivity contribution is 4.86. The van der Waals surface area contributed by atoms with E-state index < -0.39 is 0 Å². The van der Waals surface area contributed by atoms with Crippen LogP contribution in [0.2, 0.25) is 0 Å². The van der Waals surface area contributed by atoms with Gasteiger partial charge >= 0.3 is 0 Å². The smallest absolute Gasteiger partial charge is 0.0589 e. The van der Waals surface area contributed by atoms with Crippen LogP contribution in [0.25, 0.3) is 0 Å². The van der Waals surface area contributed by atoms with Gasteiger partial charge in [0.1, 0.15) is 0 Å². The first-order valence-corrected chi connectivity index (χ1v) is 6.88. The maximum Gasteiger partial charge on any atom is 0.0589 e. The van der Waals surface area contributed by atoms with Crippen LogP contribution in [0.3, 0.4) is 0 Å². The zero-order valence-electron chi connectivity index (χ0n) is 11.9. The summed E-state index contributed by atoms with van der Waals surface area (Å²) in [5.41, 5.74) is 0.393. The molecule has 1 saturated carbocycles. The zero-order chi connectivity index (χ0) is 12.9. The van der Waals surface area contributed by atoms with Crippen molar-refractivity contribution in [2.75, 3.05) is 33.4 Å². The molecule has 1 aliphatic carbocycles. The molecule has 0 bridgehead atoms. The van der Waals surface area contributed by atoms with Gasteiger partial charge in [-0.15, -0.1) is 0 Å². The first-order valence-electron chi connectivity index (χ1n) is 6.88. The Hall–Kier alpha value is -0.120. The normalized spacial score (nSPS) is 28.6. The third-order valence-corrected chi connectivity index (χ3v) is 4.03. The Balaban J connectivity index is 2.46. The molecular weight excluding hydrogens is 214 g/mol. The lowest BCUT2D eigenvalue weighted by Crippen LogP contribution is -2.42. The van der Waals surface area contributed by atoms with Crippen LogP contribution in [0.5, 0.6) is 0 Å². The molecule has 3 heteroatoms. The summed E-state index contributed by atoms with van der Waals surface area (Å²) in [4.78, 5) is 2.39. The minimum Gasteiger partial charge on any atom is -0.393 e. The molecule has 0 aliphatic heterocycles. The maximum absolute atomic E-state index is 10.1. The van der Waals surface area contributed by atoms with Crippen LogP contribution in [0.15, 0.2) is 0 Å². The summed E-state index contributed by atoms with van der Waals surface area (Å²) >= 11 is 0. The lowest BCUT2D eigenvalue weighted by molar-refractivity contribution is 0.00187. The predicted octanol–water partition coefficient (Wildman–Crippen LogP) is 2.14. The Morgan fingerprint density at radius 3 is 2.71 bits per heavy atom. The van der Waals surface area contributed by atoms with E-state index in [2.05, 4.69) is 25.7 Å². The monoisotopic (exact) mass is 243 g/mol. The molecule has 1 N–H and O–H groups in total. The fourth-order valence-electron chi connectivity index (χ4n) is 2.84. The van der Waals surface area contributed by atoms with E-state index in [1.54, 1.807) is 7.11 Å². The predicted molar refractivity (Wildman–Crippen MR) is 71.1 cm³/mol. The lowest BCUT2D eigenvalue weighted by atomic mass is 9.71. The van der Waals surface area contributed by atoms with Crippen LogP contribution in [0.1, 0.15) is 40.0 Å². The van der Waals surface area contributed by atoms with E-state index in [9.17, 15) is 5.11 Å². The summed E-state index contributed by atoms with van der Waals surface area (Å²) in [6.07, 6.45) is 3.13. The number of rotatable bonds is 6. The van der Waals surface area contributed by atoms with Gasteiger partial charge in [-0.3, -0.25) is 0 Å². The highest BCUT2D eigenvalue weighted by Gasteiger charge is 2.34. The molecule has 17 heavy (non-hydrogen) atoms. The molecule has 0 spiro atoms. The van der Waals surface area contributed by atoms with Gasteiger partial charge in [-0.05, 0) is 37.1 Å². The first-order chi connectivity index (χ1) is 7.98. The zero-order valence-corrected chi connectivity index (χ0v) is 11.9. The Kier molecular flexibility index (Phi) is 5.90. The minimum atomic E-state index is -0.111. The van der Waals surface area contributed by atoms with Crippen molar-refractivity contribution in [3.05, 3.63) is 0 Å². The number of nitrogens with zero attached hydrogens (tertiary/aromatic N) is 1. The van der Waals surface area contributed by atoms with Gasteiger partial charge < -0.3 is 14.7 Å². The van der Waals surface area contributed by atoms with Crippen molar-refractivity contribution >= 4 is 0 Å². The highest BCUT2D eigenvalue weighted by Crippen LogP contribution is 2.38. The molecule has 1 rings (SSSR count). The molecular formula is C14H29NO2. The number of hydrogen-bond donors (Lipinski definition) is 1. The third kappa shape index (κ3) is 4.94. The van der Waals surface area contributed by atoms with Gasteiger partial charge in [0.05, 0.1) is 12.7 Å². The van der Waals surface area contributed by atoms with Gasteiger partial charge in [0.15, 0.2) is 0 Å². The standard InChI is InChI=1S/C14H29NO2/c1-5-15(8-9-17-4)11-12-10-14(2,3)7-6-13(12)16/h12-13,16H,5-11H2,1-4H3. The number of ether oxygens (including phenoxy) is 1. The van der Waals surface area contributed by atoms with Crippen molar-refractivity contribution in [1.82, 2.24) is 4.90 Å². The van der Waals surface area contributed by atoms with E-state index in [-0.39, 0.29) is 6.10 Å². The summed E-state index contributed by atoms with van der Waals surface area (Å²) in [5.74, 6) is 0.426. The topological polar surface area (TPSA) is 32.7 Å². The Morgan fingerprint density at radius 2 is 2.12 bits per heavy atom.